The van der Waals surface area contributed by atoms with Crippen molar-refractivity contribution in [3.05, 3.63) is 12.2 Å². The molecule has 3 nitrogen and oxygen atoms in total. The topological polar surface area (TPSA) is 46.5 Å². The Bertz CT molecular complexity index is 175. The van der Waals surface area contributed by atoms with Gasteiger partial charge in [0.1, 0.15) is 6.61 Å². The fourth-order valence-electron chi connectivity index (χ4n) is 1.32. The summed E-state index contributed by atoms with van der Waals surface area (Å²) in [6, 6.07) is 0. The summed E-state index contributed by atoms with van der Waals surface area (Å²) in [6.45, 7) is 0.368. The lowest BCUT2D eigenvalue weighted by Crippen LogP contribution is -2.14. The monoisotopic (exact) mass is 170 g/mol. The minimum atomic E-state index is -0.894. The zero-order valence-electron chi connectivity index (χ0n) is 7.03. The highest BCUT2D eigenvalue weighted by Crippen LogP contribution is 2.16. The Hall–Kier alpha value is -0.830. The summed E-state index contributed by atoms with van der Waals surface area (Å²) in [5, 5.41) is 8.30. The van der Waals surface area contributed by atoms with Gasteiger partial charge < -0.3 is 9.84 Å². The predicted molar refractivity (Wildman–Crippen MR) is 44.9 cm³/mol. The molecule has 1 aliphatic rings. The Kier molecular flexibility index (Phi) is 3.80. The third kappa shape index (κ3) is 3.53. The third-order valence-corrected chi connectivity index (χ3v) is 1.91. The van der Waals surface area contributed by atoms with E-state index in [2.05, 4.69) is 12.2 Å². The molecule has 0 saturated heterocycles. The smallest absolute Gasteiger partial charge is 0.329 e. The molecule has 68 valence electrons. The molecule has 0 fully saturated rings. The number of hydrogen-bond acceptors (Lipinski definition) is 2. The molecule has 0 aromatic carbocycles. The normalized spacial score (nSPS) is 22.5. The first-order valence-corrected chi connectivity index (χ1v) is 4.25. The average Bonchev–Trinajstić information content (AvgIpc) is 2.05. The SMILES string of the molecule is O=C(O)COCC1C=CCCC1. The van der Waals surface area contributed by atoms with Gasteiger partial charge >= 0.3 is 5.97 Å². The van der Waals surface area contributed by atoms with Crippen molar-refractivity contribution in [3.63, 3.8) is 0 Å². The third-order valence-electron chi connectivity index (χ3n) is 1.91. The maximum Gasteiger partial charge on any atom is 0.329 e. The largest absolute Gasteiger partial charge is 0.480 e. The number of rotatable bonds is 4. The summed E-state index contributed by atoms with van der Waals surface area (Å²) in [4.78, 5) is 10.1. The second-order valence-electron chi connectivity index (χ2n) is 3.03. The van der Waals surface area contributed by atoms with Crippen LogP contribution < -0.4 is 0 Å². The molecule has 0 spiro atoms. The van der Waals surface area contributed by atoms with Crippen LogP contribution in [0.1, 0.15) is 19.3 Å². The Morgan fingerprint density at radius 3 is 3.08 bits per heavy atom. The lowest BCUT2D eigenvalue weighted by molar-refractivity contribution is -0.142. The van der Waals surface area contributed by atoms with Crippen molar-refractivity contribution >= 4 is 5.97 Å². The van der Waals surface area contributed by atoms with Crippen LogP contribution in [0.15, 0.2) is 12.2 Å². The lowest BCUT2D eigenvalue weighted by Gasteiger charge is -2.15. The molecule has 0 aliphatic heterocycles. The number of hydrogen-bond donors (Lipinski definition) is 1. The van der Waals surface area contributed by atoms with Gasteiger partial charge in [-0.15, -0.1) is 0 Å². The van der Waals surface area contributed by atoms with Crippen molar-refractivity contribution in [3.8, 4) is 0 Å². The van der Waals surface area contributed by atoms with Crippen LogP contribution in [0.25, 0.3) is 0 Å². The minimum Gasteiger partial charge on any atom is -0.480 e. The summed E-state index contributed by atoms with van der Waals surface area (Å²) in [7, 11) is 0. The second-order valence-corrected chi connectivity index (χ2v) is 3.03. The van der Waals surface area contributed by atoms with Gasteiger partial charge in [-0.1, -0.05) is 12.2 Å². The highest BCUT2D eigenvalue weighted by atomic mass is 16.5. The van der Waals surface area contributed by atoms with E-state index in [0.29, 0.717) is 12.5 Å². The van der Waals surface area contributed by atoms with Gasteiger partial charge in [0.15, 0.2) is 0 Å². The first-order chi connectivity index (χ1) is 5.79. The van der Waals surface area contributed by atoms with Crippen molar-refractivity contribution in [1.82, 2.24) is 0 Å². The van der Waals surface area contributed by atoms with Gasteiger partial charge in [-0.05, 0) is 19.3 Å². The fraction of sp³-hybridized carbons (Fsp3) is 0.667. The van der Waals surface area contributed by atoms with Crippen LogP contribution in [0.5, 0.6) is 0 Å². The molecule has 0 amide bonds. The predicted octanol–water partition coefficient (Wildman–Crippen LogP) is 1.44. The highest BCUT2D eigenvalue weighted by molar-refractivity contribution is 5.67. The van der Waals surface area contributed by atoms with Crippen molar-refractivity contribution in [2.45, 2.75) is 19.3 Å². The molecule has 1 rings (SSSR count). The van der Waals surface area contributed by atoms with Crippen molar-refractivity contribution < 1.29 is 14.6 Å². The Balaban J connectivity index is 2.09. The van der Waals surface area contributed by atoms with Gasteiger partial charge in [0.25, 0.3) is 0 Å². The van der Waals surface area contributed by atoms with Crippen LogP contribution >= 0.6 is 0 Å². The molecule has 1 aliphatic carbocycles. The maximum absolute atomic E-state index is 10.1. The number of ether oxygens (including phenoxy) is 1. The molecular weight excluding hydrogens is 156 g/mol. The molecule has 1 N–H and O–H groups in total. The number of allylic oxidation sites excluding steroid dienone is 1. The number of carboxylic acids is 1. The Labute approximate surface area is 72.0 Å². The maximum atomic E-state index is 10.1. The fourth-order valence-corrected chi connectivity index (χ4v) is 1.32. The number of carboxylic acid groups (broad SMARTS) is 1. The molecule has 0 saturated carbocycles. The molecule has 0 radical (unpaired) electrons. The van der Waals surface area contributed by atoms with Gasteiger partial charge in [0.2, 0.25) is 0 Å². The van der Waals surface area contributed by atoms with E-state index in [1.807, 2.05) is 0 Å². The van der Waals surface area contributed by atoms with Gasteiger partial charge in [0, 0.05) is 5.92 Å². The van der Waals surface area contributed by atoms with E-state index in [1.54, 1.807) is 0 Å². The summed E-state index contributed by atoms with van der Waals surface area (Å²) in [5.41, 5.74) is 0. The zero-order valence-corrected chi connectivity index (χ0v) is 7.03. The first-order valence-electron chi connectivity index (χ1n) is 4.25. The summed E-state index contributed by atoms with van der Waals surface area (Å²) in [5.74, 6) is -0.465. The molecule has 0 bridgehead atoms. The number of carbonyl (C=O) groups is 1. The first kappa shape index (κ1) is 9.26. The van der Waals surface area contributed by atoms with E-state index in [-0.39, 0.29) is 6.61 Å². The van der Waals surface area contributed by atoms with Crippen molar-refractivity contribution in [2.24, 2.45) is 5.92 Å². The van der Waals surface area contributed by atoms with E-state index in [9.17, 15) is 4.79 Å². The summed E-state index contributed by atoms with van der Waals surface area (Å²) in [6.07, 6.45) is 7.72. The van der Waals surface area contributed by atoms with E-state index in [0.717, 1.165) is 12.8 Å². The summed E-state index contributed by atoms with van der Waals surface area (Å²) < 4.78 is 4.98. The van der Waals surface area contributed by atoms with Crippen LogP contribution in [0.2, 0.25) is 0 Å². The van der Waals surface area contributed by atoms with E-state index in [4.69, 9.17) is 9.84 Å². The standard InChI is InChI=1S/C9H14O3/c10-9(11)7-12-6-8-4-2-1-3-5-8/h2,4,8H,1,3,5-7H2,(H,10,11). The van der Waals surface area contributed by atoms with Crippen LogP contribution in [-0.4, -0.2) is 24.3 Å². The number of aliphatic carboxylic acids is 1. The van der Waals surface area contributed by atoms with Crippen molar-refractivity contribution in [2.75, 3.05) is 13.2 Å². The lowest BCUT2D eigenvalue weighted by atomic mass is 9.97. The summed E-state index contributed by atoms with van der Waals surface area (Å²) >= 11 is 0. The quantitative estimate of drug-likeness (QED) is 0.649. The van der Waals surface area contributed by atoms with Crippen molar-refractivity contribution in [1.29, 1.82) is 0 Å². The Morgan fingerprint density at radius 1 is 1.67 bits per heavy atom. The molecule has 0 aromatic heterocycles. The van der Waals surface area contributed by atoms with Gasteiger partial charge in [-0.3, -0.25) is 0 Å². The van der Waals surface area contributed by atoms with Gasteiger partial charge in [-0.25, -0.2) is 4.79 Å². The zero-order chi connectivity index (χ0) is 8.81. The molecule has 0 heterocycles. The van der Waals surface area contributed by atoms with Gasteiger partial charge in [-0.2, -0.15) is 0 Å². The second kappa shape index (κ2) is 4.93. The Morgan fingerprint density at radius 2 is 2.50 bits per heavy atom. The molecule has 3 heteroatoms. The van der Waals surface area contributed by atoms with Crippen LogP contribution in [0, 0.1) is 5.92 Å². The highest BCUT2D eigenvalue weighted by Gasteiger charge is 2.08. The van der Waals surface area contributed by atoms with Crippen LogP contribution in [-0.2, 0) is 9.53 Å². The van der Waals surface area contributed by atoms with Gasteiger partial charge in [0.05, 0.1) is 6.61 Å². The van der Waals surface area contributed by atoms with E-state index < -0.39 is 5.97 Å². The molecule has 12 heavy (non-hydrogen) atoms. The van der Waals surface area contributed by atoms with Crippen LogP contribution in [0.3, 0.4) is 0 Å². The molecule has 1 atom stereocenters. The average molecular weight is 170 g/mol. The van der Waals surface area contributed by atoms with E-state index in [1.165, 1.54) is 6.42 Å². The van der Waals surface area contributed by atoms with Crippen LogP contribution in [0.4, 0.5) is 0 Å². The molecular formula is C9H14O3. The van der Waals surface area contributed by atoms with E-state index >= 15 is 0 Å². The molecule has 0 aromatic rings. The molecule has 1 unspecified atom stereocenters. The minimum absolute atomic E-state index is 0.176.